The molecule has 2 atom stereocenters. The molecule has 2 aliphatic heterocycles. The second-order valence-electron chi connectivity index (χ2n) is 7.71. The molecular weight excluding hydrogens is 348 g/mol. The third-order valence-corrected chi connectivity index (χ3v) is 5.66. The van der Waals surface area contributed by atoms with Gasteiger partial charge in [0.2, 0.25) is 5.76 Å². The minimum Gasteiger partial charge on any atom is -0.493 e. The zero-order chi connectivity index (χ0) is 19.2. The van der Waals surface area contributed by atoms with Gasteiger partial charge in [-0.05, 0) is 24.0 Å². The Morgan fingerprint density at radius 1 is 1.33 bits per heavy atom. The summed E-state index contributed by atoms with van der Waals surface area (Å²) < 4.78 is 11.1. The monoisotopic (exact) mass is 370 g/mol. The third-order valence-electron chi connectivity index (χ3n) is 5.66. The van der Waals surface area contributed by atoms with Gasteiger partial charge in [-0.1, -0.05) is 37.2 Å². The minimum atomic E-state index is -1.07. The number of carbonyl (C=O) groups excluding carboxylic acids is 1. The van der Waals surface area contributed by atoms with E-state index < -0.39 is 11.4 Å². The van der Waals surface area contributed by atoms with Crippen molar-refractivity contribution in [2.75, 3.05) is 19.7 Å². The van der Waals surface area contributed by atoms with Crippen molar-refractivity contribution < 1.29 is 24.0 Å². The number of amides is 1. The maximum atomic E-state index is 12.9. The van der Waals surface area contributed by atoms with E-state index >= 15 is 0 Å². The van der Waals surface area contributed by atoms with Crippen LogP contribution in [0.25, 0.3) is 0 Å². The van der Waals surface area contributed by atoms with Gasteiger partial charge in [-0.25, -0.2) is 0 Å². The largest absolute Gasteiger partial charge is 0.493 e. The smallest absolute Gasteiger partial charge is 0.312 e. The quantitative estimate of drug-likeness (QED) is 0.893. The topological polar surface area (TPSA) is 92.9 Å². The van der Waals surface area contributed by atoms with Crippen LogP contribution in [-0.4, -0.2) is 46.7 Å². The highest BCUT2D eigenvalue weighted by Crippen LogP contribution is 2.44. The second-order valence-corrected chi connectivity index (χ2v) is 7.71. The van der Waals surface area contributed by atoms with Crippen LogP contribution < -0.4 is 4.74 Å². The van der Waals surface area contributed by atoms with E-state index in [2.05, 4.69) is 5.16 Å². The molecule has 1 N–H and O–H groups in total. The van der Waals surface area contributed by atoms with Crippen molar-refractivity contribution in [1.82, 2.24) is 10.1 Å². The summed E-state index contributed by atoms with van der Waals surface area (Å²) in [7, 11) is 0. The number of fused-ring (bicyclic) bond motifs is 2. The predicted octanol–water partition coefficient (Wildman–Crippen LogP) is 2.58. The van der Waals surface area contributed by atoms with Crippen LogP contribution in [0.3, 0.4) is 0 Å². The van der Waals surface area contributed by atoms with E-state index in [0.29, 0.717) is 18.7 Å². The van der Waals surface area contributed by atoms with Crippen molar-refractivity contribution in [3.63, 3.8) is 0 Å². The van der Waals surface area contributed by atoms with Crippen molar-refractivity contribution in [1.29, 1.82) is 0 Å². The molecule has 27 heavy (non-hydrogen) atoms. The number of rotatable bonds is 3. The van der Waals surface area contributed by atoms with Crippen LogP contribution in [0.4, 0.5) is 0 Å². The van der Waals surface area contributed by atoms with E-state index in [1.54, 1.807) is 11.0 Å². The lowest BCUT2D eigenvalue weighted by Crippen LogP contribution is -2.42. The Kier molecular flexibility index (Phi) is 4.17. The molecule has 7 nitrogen and oxygen atoms in total. The van der Waals surface area contributed by atoms with E-state index in [9.17, 15) is 14.7 Å². The van der Waals surface area contributed by atoms with Gasteiger partial charge in [-0.15, -0.1) is 0 Å². The molecule has 0 aliphatic carbocycles. The molecular formula is C20H22N2O5. The van der Waals surface area contributed by atoms with Crippen molar-refractivity contribution >= 4 is 11.9 Å². The van der Waals surface area contributed by atoms with Gasteiger partial charge in [0, 0.05) is 25.1 Å². The number of carboxylic acid groups (broad SMARTS) is 1. The van der Waals surface area contributed by atoms with Gasteiger partial charge >= 0.3 is 5.97 Å². The lowest BCUT2D eigenvalue weighted by atomic mass is 9.74. The standard InChI is InChI=1S/C20H22N2O5/c1-12(2)15-7-17(27-21-15)18(23)22-9-14-10-26-16-6-4-3-5-13(16)8-20(14,11-22)19(24)25/h3-7,12,14H,8-11H2,1-2H3,(H,24,25)/t14-,20+/m0/s1. The summed E-state index contributed by atoms with van der Waals surface area (Å²) in [4.78, 5) is 26.7. The summed E-state index contributed by atoms with van der Waals surface area (Å²) in [6.07, 6.45) is 0.334. The Labute approximate surface area is 156 Å². The Bertz CT molecular complexity index is 890. The molecule has 1 aromatic carbocycles. The summed E-state index contributed by atoms with van der Waals surface area (Å²) in [6, 6.07) is 9.13. The summed E-state index contributed by atoms with van der Waals surface area (Å²) in [5, 5.41) is 14.0. The molecule has 2 aromatic rings. The number of likely N-dealkylation sites (tertiary alicyclic amines) is 1. The zero-order valence-electron chi connectivity index (χ0n) is 15.3. The molecule has 0 bridgehead atoms. The number of hydrogen-bond acceptors (Lipinski definition) is 5. The molecule has 0 unspecified atom stereocenters. The number of carboxylic acids is 1. The number of para-hydroxylation sites is 1. The normalized spacial score (nSPS) is 24.1. The fraction of sp³-hybridized carbons (Fsp3) is 0.450. The summed E-state index contributed by atoms with van der Waals surface area (Å²) in [6.45, 7) is 4.64. The van der Waals surface area contributed by atoms with Crippen LogP contribution in [0.5, 0.6) is 5.75 Å². The summed E-state index contributed by atoms with van der Waals surface area (Å²) in [5.74, 6) is -0.492. The number of hydrogen-bond donors (Lipinski definition) is 1. The van der Waals surface area contributed by atoms with Crippen molar-refractivity contribution in [2.24, 2.45) is 11.3 Å². The fourth-order valence-electron chi connectivity index (χ4n) is 4.00. The maximum absolute atomic E-state index is 12.9. The highest BCUT2D eigenvalue weighted by molar-refractivity contribution is 5.92. The van der Waals surface area contributed by atoms with Crippen molar-refractivity contribution in [2.45, 2.75) is 26.2 Å². The van der Waals surface area contributed by atoms with Crippen molar-refractivity contribution in [3.8, 4) is 5.75 Å². The molecule has 2 aliphatic rings. The van der Waals surface area contributed by atoms with Crippen LogP contribution in [0.1, 0.15) is 41.6 Å². The van der Waals surface area contributed by atoms with E-state index in [1.165, 1.54) is 0 Å². The number of nitrogens with zero attached hydrogens (tertiary/aromatic N) is 2. The first kappa shape index (κ1) is 17.6. The molecule has 3 heterocycles. The van der Waals surface area contributed by atoms with E-state index in [4.69, 9.17) is 9.26 Å². The van der Waals surface area contributed by atoms with E-state index in [0.717, 1.165) is 11.3 Å². The molecule has 7 heteroatoms. The van der Waals surface area contributed by atoms with Crippen LogP contribution in [-0.2, 0) is 11.2 Å². The SMILES string of the molecule is CC(C)c1cc(C(=O)N2C[C@H]3COc4ccccc4C[C@@]3(C(=O)O)C2)on1. The molecule has 1 saturated heterocycles. The summed E-state index contributed by atoms with van der Waals surface area (Å²) >= 11 is 0. The van der Waals surface area contributed by atoms with Gasteiger partial charge in [0.25, 0.3) is 5.91 Å². The van der Waals surface area contributed by atoms with E-state index in [1.807, 2.05) is 38.1 Å². The zero-order valence-corrected chi connectivity index (χ0v) is 15.3. The maximum Gasteiger partial charge on any atom is 0.312 e. The lowest BCUT2D eigenvalue weighted by Gasteiger charge is -2.27. The third kappa shape index (κ3) is 2.87. The molecule has 1 fully saturated rings. The number of benzene rings is 1. The Morgan fingerprint density at radius 3 is 2.81 bits per heavy atom. The molecule has 4 rings (SSSR count). The van der Waals surface area contributed by atoms with Crippen LogP contribution in [0.2, 0.25) is 0 Å². The molecule has 0 saturated carbocycles. The predicted molar refractivity (Wildman–Crippen MR) is 95.7 cm³/mol. The van der Waals surface area contributed by atoms with Gasteiger partial charge in [0.1, 0.15) is 5.75 Å². The molecule has 0 radical (unpaired) electrons. The minimum absolute atomic E-state index is 0.126. The first-order valence-electron chi connectivity index (χ1n) is 9.10. The molecule has 1 aromatic heterocycles. The van der Waals surface area contributed by atoms with Crippen LogP contribution in [0.15, 0.2) is 34.9 Å². The number of ether oxygens (including phenoxy) is 1. The van der Waals surface area contributed by atoms with Gasteiger partial charge in [-0.3, -0.25) is 9.59 Å². The average Bonchev–Trinajstić information content (AvgIpc) is 3.24. The summed E-state index contributed by atoms with van der Waals surface area (Å²) in [5.41, 5.74) is 0.499. The van der Waals surface area contributed by atoms with Crippen molar-refractivity contribution in [3.05, 3.63) is 47.3 Å². The first-order chi connectivity index (χ1) is 12.9. The van der Waals surface area contributed by atoms with Gasteiger partial charge in [-0.2, -0.15) is 0 Å². The molecule has 142 valence electrons. The average molecular weight is 370 g/mol. The van der Waals surface area contributed by atoms with Crippen LogP contribution >= 0.6 is 0 Å². The fourth-order valence-corrected chi connectivity index (χ4v) is 4.00. The van der Waals surface area contributed by atoms with Crippen LogP contribution in [0, 0.1) is 11.3 Å². The van der Waals surface area contributed by atoms with Gasteiger partial charge in [0.05, 0.1) is 17.7 Å². The molecule has 0 spiro atoms. The van der Waals surface area contributed by atoms with Gasteiger partial charge in [0.15, 0.2) is 0 Å². The number of aliphatic carboxylic acids is 1. The highest BCUT2D eigenvalue weighted by atomic mass is 16.5. The first-order valence-corrected chi connectivity index (χ1v) is 9.10. The Balaban J connectivity index is 1.63. The Morgan fingerprint density at radius 2 is 2.11 bits per heavy atom. The number of aromatic nitrogens is 1. The number of carbonyl (C=O) groups is 2. The van der Waals surface area contributed by atoms with Gasteiger partial charge < -0.3 is 19.3 Å². The Hall–Kier alpha value is -2.83. The second kappa shape index (κ2) is 6.40. The molecule has 1 amide bonds. The lowest BCUT2D eigenvalue weighted by molar-refractivity contribution is -0.150. The highest BCUT2D eigenvalue weighted by Gasteiger charge is 2.55. The van der Waals surface area contributed by atoms with E-state index in [-0.39, 0.29) is 36.7 Å².